The largest absolute Gasteiger partial charge is 0.222 e. The van der Waals surface area contributed by atoms with Crippen LogP contribution in [0.25, 0.3) is 5.65 Å². The molecule has 5 heteroatoms. The van der Waals surface area contributed by atoms with Gasteiger partial charge in [0.2, 0.25) is 0 Å². The number of hydrogen-bond acceptors (Lipinski definition) is 2. The minimum Gasteiger partial charge on any atom is -0.222 e. The van der Waals surface area contributed by atoms with Crippen molar-refractivity contribution in [2.24, 2.45) is 0 Å². The van der Waals surface area contributed by atoms with Gasteiger partial charge < -0.3 is 0 Å². The monoisotopic (exact) mass is 323 g/mol. The molecule has 2 rings (SSSR count). The van der Waals surface area contributed by atoms with Crippen molar-refractivity contribution >= 4 is 44.2 Å². The van der Waals surface area contributed by atoms with Crippen LogP contribution in [0.3, 0.4) is 0 Å². The Labute approximate surface area is 85.1 Å². The Morgan fingerprint density at radius 1 is 1.55 bits per heavy atom. The zero-order valence-electron chi connectivity index (χ0n) is 5.33. The average Bonchev–Trinajstić information content (AvgIpc) is 2.34. The third-order valence-electron chi connectivity index (χ3n) is 1.28. The quantitative estimate of drug-likeness (QED) is 0.549. The first-order chi connectivity index (χ1) is 5.27. The third-order valence-corrected chi connectivity index (χ3v) is 2.46. The molecular formula is C6H3BrIN3. The molecular weight excluding hydrogens is 321 g/mol. The van der Waals surface area contributed by atoms with Crippen LogP contribution < -0.4 is 0 Å². The first-order valence-electron chi connectivity index (χ1n) is 2.93. The van der Waals surface area contributed by atoms with Crippen LogP contribution in [0.4, 0.5) is 0 Å². The highest BCUT2D eigenvalue weighted by Crippen LogP contribution is 2.13. The highest BCUT2D eigenvalue weighted by atomic mass is 127. The molecule has 0 N–H and O–H groups in total. The zero-order chi connectivity index (χ0) is 7.84. The van der Waals surface area contributed by atoms with Gasteiger partial charge in [0.15, 0.2) is 5.65 Å². The van der Waals surface area contributed by atoms with E-state index in [0.29, 0.717) is 0 Å². The molecule has 11 heavy (non-hydrogen) atoms. The minimum absolute atomic E-state index is 0.843. The predicted molar refractivity (Wildman–Crippen MR) is 53.4 cm³/mol. The van der Waals surface area contributed by atoms with Gasteiger partial charge in [-0.2, -0.15) is 5.10 Å². The lowest BCUT2D eigenvalue weighted by Crippen LogP contribution is -1.94. The Hall–Kier alpha value is -0.170. The lowest BCUT2D eigenvalue weighted by molar-refractivity contribution is 0.906. The molecule has 0 radical (unpaired) electrons. The molecule has 2 aromatic rings. The third kappa shape index (κ3) is 1.26. The van der Waals surface area contributed by atoms with E-state index in [1.165, 1.54) is 0 Å². The van der Waals surface area contributed by atoms with Crippen molar-refractivity contribution in [3.63, 3.8) is 0 Å². The summed E-state index contributed by atoms with van der Waals surface area (Å²) in [6.45, 7) is 0. The van der Waals surface area contributed by atoms with Crippen LogP contribution in [0.5, 0.6) is 0 Å². The smallest absolute Gasteiger partial charge is 0.157 e. The lowest BCUT2D eigenvalue weighted by Gasteiger charge is -1.96. The Morgan fingerprint density at radius 3 is 3.18 bits per heavy atom. The van der Waals surface area contributed by atoms with Crippen molar-refractivity contribution in [3.8, 4) is 0 Å². The molecule has 2 heterocycles. The van der Waals surface area contributed by atoms with E-state index in [0.717, 1.165) is 14.0 Å². The maximum Gasteiger partial charge on any atom is 0.157 e. The molecule has 0 fully saturated rings. The fraction of sp³-hybridized carbons (Fsp3) is 0. The van der Waals surface area contributed by atoms with Gasteiger partial charge in [-0.15, -0.1) is 0 Å². The van der Waals surface area contributed by atoms with E-state index in [2.05, 4.69) is 48.6 Å². The molecule has 0 unspecified atom stereocenters. The van der Waals surface area contributed by atoms with E-state index < -0.39 is 0 Å². The lowest BCUT2D eigenvalue weighted by atomic mass is 10.6. The second-order valence-corrected chi connectivity index (χ2v) is 3.92. The van der Waals surface area contributed by atoms with Crippen LogP contribution >= 0.6 is 38.5 Å². The van der Waals surface area contributed by atoms with Gasteiger partial charge in [-0.3, -0.25) is 0 Å². The summed E-state index contributed by atoms with van der Waals surface area (Å²) in [6.07, 6.45) is 1.73. The Kier molecular flexibility index (Phi) is 1.84. The van der Waals surface area contributed by atoms with Crippen molar-refractivity contribution in [2.45, 2.75) is 0 Å². The van der Waals surface area contributed by atoms with E-state index in [9.17, 15) is 0 Å². The van der Waals surface area contributed by atoms with Gasteiger partial charge in [-0.1, -0.05) is 0 Å². The fourth-order valence-electron chi connectivity index (χ4n) is 0.847. The number of rotatable bonds is 0. The number of aromatic nitrogens is 3. The average molecular weight is 324 g/mol. The molecule has 2 aromatic heterocycles. The van der Waals surface area contributed by atoms with Gasteiger partial charge >= 0.3 is 0 Å². The summed E-state index contributed by atoms with van der Waals surface area (Å²) < 4.78 is 3.67. The molecule has 0 saturated carbocycles. The predicted octanol–water partition coefficient (Wildman–Crippen LogP) is 2.10. The number of nitrogens with zero attached hydrogens (tertiary/aromatic N) is 3. The van der Waals surface area contributed by atoms with Gasteiger partial charge in [0.25, 0.3) is 0 Å². The standard InChI is InChI=1S/C6H3BrIN3/c7-4-3-5(8)11-6(10-4)1-2-9-11/h1-3H. The summed E-state index contributed by atoms with van der Waals surface area (Å²) in [4.78, 5) is 4.21. The summed E-state index contributed by atoms with van der Waals surface area (Å²) >= 11 is 5.52. The second-order valence-electron chi connectivity index (χ2n) is 2.00. The maximum absolute atomic E-state index is 4.21. The Morgan fingerprint density at radius 2 is 2.36 bits per heavy atom. The van der Waals surface area contributed by atoms with Crippen LogP contribution in [0.15, 0.2) is 22.9 Å². The molecule has 0 aliphatic heterocycles. The van der Waals surface area contributed by atoms with E-state index >= 15 is 0 Å². The molecule has 56 valence electrons. The van der Waals surface area contributed by atoms with Crippen molar-refractivity contribution in [3.05, 3.63) is 26.6 Å². The van der Waals surface area contributed by atoms with Crippen molar-refractivity contribution < 1.29 is 0 Å². The molecule has 3 nitrogen and oxygen atoms in total. The molecule has 0 aliphatic rings. The highest BCUT2D eigenvalue weighted by molar-refractivity contribution is 14.1. The van der Waals surface area contributed by atoms with Crippen LogP contribution in [0.1, 0.15) is 0 Å². The van der Waals surface area contributed by atoms with E-state index in [-0.39, 0.29) is 0 Å². The van der Waals surface area contributed by atoms with Crippen LogP contribution in [0, 0.1) is 3.70 Å². The topological polar surface area (TPSA) is 30.2 Å². The summed E-state index contributed by atoms with van der Waals surface area (Å²) in [5.74, 6) is 0. The molecule has 0 spiro atoms. The van der Waals surface area contributed by atoms with Crippen molar-refractivity contribution in [1.82, 2.24) is 14.6 Å². The minimum atomic E-state index is 0.843. The highest BCUT2D eigenvalue weighted by Gasteiger charge is 2.00. The number of halogens is 2. The zero-order valence-corrected chi connectivity index (χ0v) is 9.07. The summed E-state index contributed by atoms with van der Waals surface area (Å²) in [5, 5.41) is 4.09. The van der Waals surface area contributed by atoms with Gasteiger partial charge in [-0.25, -0.2) is 9.50 Å². The molecule has 0 aromatic carbocycles. The fourth-order valence-corrected chi connectivity index (χ4v) is 2.34. The number of fused-ring (bicyclic) bond motifs is 1. The van der Waals surface area contributed by atoms with Crippen molar-refractivity contribution in [2.75, 3.05) is 0 Å². The Balaban J connectivity index is 2.91. The van der Waals surface area contributed by atoms with E-state index in [4.69, 9.17) is 0 Å². The van der Waals surface area contributed by atoms with Crippen LogP contribution in [-0.2, 0) is 0 Å². The summed E-state index contributed by atoms with van der Waals surface area (Å²) in [7, 11) is 0. The molecule has 0 aliphatic carbocycles. The van der Waals surface area contributed by atoms with E-state index in [1.807, 2.05) is 12.1 Å². The van der Waals surface area contributed by atoms with Crippen LogP contribution in [0.2, 0.25) is 0 Å². The molecule has 0 amide bonds. The van der Waals surface area contributed by atoms with Gasteiger partial charge in [-0.05, 0) is 38.5 Å². The van der Waals surface area contributed by atoms with Gasteiger partial charge in [0.05, 0.1) is 6.20 Å². The summed E-state index contributed by atoms with van der Waals surface area (Å²) in [5.41, 5.74) is 0.865. The van der Waals surface area contributed by atoms with Gasteiger partial charge in [0, 0.05) is 12.1 Å². The Bertz CT molecular complexity index is 398. The van der Waals surface area contributed by atoms with Crippen LogP contribution in [-0.4, -0.2) is 14.6 Å². The summed E-state index contributed by atoms with van der Waals surface area (Å²) in [6, 6.07) is 3.79. The maximum atomic E-state index is 4.21. The molecule has 0 saturated heterocycles. The van der Waals surface area contributed by atoms with E-state index in [1.54, 1.807) is 10.7 Å². The first kappa shape index (κ1) is 7.48. The SMILES string of the molecule is Brc1cc(I)n2nccc2n1. The second kappa shape index (κ2) is 2.71. The number of hydrogen-bond donors (Lipinski definition) is 0. The first-order valence-corrected chi connectivity index (χ1v) is 4.80. The van der Waals surface area contributed by atoms with Gasteiger partial charge in [0.1, 0.15) is 8.30 Å². The molecule has 0 bridgehead atoms. The molecule has 0 atom stereocenters. The normalized spacial score (nSPS) is 10.7. The van der Waals surface area contributed by atoms with Crippen molar-refractivity contribution in [1.29, 1.82) is 0 Å².